The Labute approximate surface area is 150 Å². The molecule has 0 bridgehead atoms. The SMILES string of the molecule is Cn1cccc1/C=C1/SC(=Nc2ccc(Cl)cc2C(F)(F)F)NC1=O. The first-order valence-corrected chi connectivity index (χ1v) is 8.21. The second kappa shape index (κ2) is 6.61. The molecular formula is C16H11ClF3N3OS. The van der Waals surface area contributed by atoms with E-state index < -0.39 is 17.6 Å². The van der Waals surface area contributed by atoms with Gasteiger partial charge in [-0.05, 0) is 48.2 Å². The minimum absolute atomic E-state index is 0.0383. The third-order valence-electron chi connectivity index (χ3n) is 3.40. The molecule has 0 spiro atoms. The molecule has 130 valence electrons. The number of alkyl halides is 3. The molecule has 1 N–H and O–H groups in total. The molecule has 0 atom stereocenters. The fourth-order valence-electron chi connectivity index (χ4n) is 2.18. The predicted octanol–water partition coefficient (Wildman–Crippen LogP) is 4.59. The number of aliphatic imine (C=N–C) groups is 1. The van der Waals surface area contributed by atoms with Gasteiger partial charge in [0.05, 0.1) is 16.2 Å². The van der Waals surface area contributed by atoms with Crippen LogP contribution in [-0.4, -0.2) is 15.6 Å². The lowest BCUT2D eigenvalue weighted by Crippen LogP contribution is -2.19. The number of amides is 1. The lowest BCUT2D eigenvalue weighted by Gasteiger charge is -2.10. The highest BCUT2D eigenvalue weighted by atomic mass is 35.5. The molecule has 0 unspecified atom stereocenters. The van der Waals surface area contributed by atoms with Crippen LogP contribution < -0.4 is 5.32 Å². The van der Waals surface area contributed by atoms with Gasteiger partial charge in [-0.3, -0.25) is 4.79 Å². The Balaban J connectivity index is 1.93. The molecule has 1 fully saturated rings. The van der Waals surface area contributed by atoms with Gasteiger partial charge >= 0.3 is 6.18 Å². The fourth-order valence-corrected chi connectivity index (χ4v) is 3.17. The molecule has 1 aromatic heterocycles. The zero-order valence-corrected chi connectivity index (χ0v) is 14.3. The number of hydrogen-bond donors (Lipinski definition) is 1. The van der Waals surface area contributed by atoms with Gasteiger partial charge < -0.3 is 9.88 Å². The summed E-state index contributed by atoms with van der Waals surface area (Å²) in [6.45, 7) is 0. The molecular weight excluding hydrogens is 375 g/mol. The van der Waals surface area contributed by atoms with Crippen LogP contribution in [0.4, 0.5) is 18.9 Å². The summed E-state index contributed by atoms with van der Waals surface area (Å²) in [5.74, 6) is -0.410. The van der Waals surface area contributed by atoms with E-state index in [1.807, 2.05) is 29.9 Å². The number of aromatic nitrogens is 1. The third kappa shape index (κ3) is 3.91. The first-order valence-electron chi connectivity index (χ1n) is 7.02. The highest BCUT2D eigenvalue weighted by Gasteiger charge is 2.34. The van der Waals surface area contributed by atoms with E-state index in [0.717, 1.165) is 23.5 Å². The summed E-state index contributed by atoms with van der Waals surface area (Å²) < 4.78 is 41.2. The number of nitrogens with zero attached hydrogens (tertiary/aromatic N) is 2. The second-order valence-corrected chi connectivity index (χ2v) is 6.65. The Morgan fingerprint density at radius 3 is 2.72 bits per heavy atom. The van der Waals surface area contributed by atoms with E-state index in [1.54, 1.807) is 6.08 Å². The van der Waals surface area contributed by atoms with Crippen LogP contribution in [0.3, 0.4) is 0 Å². The van der Waals surface area contributed by atoms with Gasteiger partial charge in [-0.1, -0.05) is 11.6 Å². The van der Waals surface area contributed by atoms with Crippen LogP contribution in [0.5, 0.6) is 0 Å². The van der Waals surface area contributed by atoms with Gasteiger partial charge in [0.1, 0.15) is 0 Å². The Kier molecular flexibility index (Phi) is 4.66. The van der Waals surface area contributed by atoms with Crippen LogP contribution in [0.1, 0.15) is 11.3 Å². The van der Waals surface area contributed by atoms with Crippen LogP contribution in [0, 0.1) is 0 Å². The summed E-state index contributed by atoms with van der Waals surface area (Å²) in [5, 5.41) is 2.52. The van der Waals surface area contributed by atoms with Crippen molar-refractivity contribution in [2.24, 2.45) is 12.0 Å². The van der Waals surface area contributed by atoms with Crippen molar-refractivity contribution in [3.8, 4) is 0 Å². The Hall–Kier alpha value is -2.19. The van der Waals surface area contributed by atoms with Crippen LogP contribution >= 0.6 is 23.4 Å². The normalized spacial score (nSPS) is 18.2. The number of aryl methyl sites for hydroxylation is 1. The van der Waals surface area contributed by atoms with E-state index >= 15 is 0 Å². The molecule has 3 rings (SSSR count). The van der Waals surface area contributed by atoms with E-state index in [0.29, 0.717) is 4.91 Å². The quantitative estimate of drug-likeness (QED) is 0.768. The molecule has 25 heavy (non-hydrogen) atoms. The molecule has 4 nitrogen and oxygen atoms in total. The molecule has 0 saturated carbocycles. The molecule has 1 amide bonds. The van der Waals surface area contributed by atoms with Crippen molar-refractivity contribution in [1.82, 2.24) is 9.88 Å². The Bertz CT molecular complexity index is 902. The van der Waals surface area contributed by atoms with E-state index in [4.69, 9.17) is 11.6 Å². The lowest BCUT2D eigenvalue weighted by molar-refractivity contribution is -0.137. The van der Waals surface area contributed by atoms with E-state index in [9.17, 15) is 18.0 Å². The van der Waals surface area contributed by atoms with Gasteiger partial charge in [-0.2, -0.15) is 13.2 Å². The second-order valence-electron chi connectivity index (χ2n) is 5.18. The highest BCUT2D eigenvalue weighted by molar-refractivity contribution is 8.18. The van der Waals surface area contributed by atoms with Crippen molar-refractivity contribution in [3.63, 3.8) is 0 Å². The van der Waals surface area contributed by atoms with Crippen LogP contribution in [0.25, 0.3) is 6.08 Å². The van der Waals surface area contributed by atoms with Crippen molar-refractivity contribution in [2.45, 2.75) is 6.18 Å². The zero-order chi connectivity index (χ0) is 18.2. The topological polar surface area (TPSA) is 46.4 Å². The Morgan fingerprint density at radius 2 is 2.08 bits per heavy atom. The fraction of sp³-hybridized carbons (Fsp3) is 0.125. The number of carbonyl (C=O) groups excluding carboxylic acids is 1. The van der Waals surface area contributed by atoms with Crippen molar-refractivity contribution in [2.75, 3.05) is 0 Å². The van der Waals surface area contributed by atoms with Gasteiger partial charge in [-0.15, -0.1) is 0 Å². The maximum Gasteiger partial charge on any atom is 0.418 e. The number of amidine groups is 1. The standard InChI is InChI=1S/C16H11ClF3N3OS/c1-23-6-2-3-10(23)8-13-14(24)22-15(25-13)21-12-5-4-9(17)7-11(12)16(18,19)20/h2-8H,1H3,(H,21,22,24)/b13-8+. The summed E-state index contributed by atoms with van der Waals surface area (Å²) in [6, 6.07) is 6.93. The zero-order valence-electron chi connectivity index (χ0n) is 12.8. The number of nitrogens with one attached hydrogen (secondary N) is 1. The van der Waals surface area contributed by atoms with E-state index in [2.05, 4.69) is 10.3 Å². The molecule has 0 aliphatic carbocycles. The maximum absolute atomic E-state index is 13.1. The Morgan fingerprint density at radius 1 is 1.32 bits per heavy atom. The van der Waals surface area contributed by atoms with Gasteiger partial charge in [0.2, 0.25) is 0 Å². The molecule has 2 heterocycles. The number of carbonyl (C=O) groups is 1. The minimum Gasteiger partial charge on any atom is -0.351 e. The first kappa shape index (κ1) is 17.6. The smallest absolute Gasteiger partial charge is 0.351 e. The molecule has 1 aromatic carbocycles. The number of benzene rings is 1. The first-order chi connectivity index (χ1) is 11.7. The molecule has 2 aromatic rings. The van der Waals surface area contributed by atoms with Crippen molar-refractivity contribution in [1.29, 1.82) is 0 Å². The molecule has 1 saturated heterocycles. The van der Waals surface area contributed by atoms with Crippen LogP contribution in [0.2, 0.25) is 5.02 Å². The van der Waals surface area contributed by atoms with Crippen LogP contribution in [0.15, 0.2) is 46.4 Å². The van der Waals surface area contributed by atoms with E-state index in [1.165, 1.54) is 12.1 Å². The van der Waals surface area contributed by atoms with Gasteiger partial charge in [0, 0.05) is 24.0 Å². The summed E-state index contributed by atoms with van der Waals surface area (Å²) in [5.41, 5.74) is -0.469. The van der Waals surface area contributed by atoms with Crippen molar-refractivity contribution in [3.05, 3.63) is 57.7 Å². The van der Waals surface area contributed by atoms with Gasteiger partial charge in [-0.25, -0.2) is 4.99 Å². The molecule has 9 heteroatoms. The predicted molar refractivity (Wildman–Crippen MR) is 92.7 cm³/mol. The summed E-state index contributed by atoms with van der Waals surface area (Å²) >= 11 is 6.63. The monoisotopic (exact) mass is 385 g/mol. The molecule has 0 radical (unpaired) electrons. The molecule has 1 aliphatic heterocycles. The third-order valence-corrected chi connectivity index (χ3v) is 4.54. The average molecular weight is 386 g/mol. The van der Waals surface area contributed by atoms with E-state index in [-0.39, 0.29) is 15.9 Å². The highest BCUT2D eigenvalue weighted by Crippen LogP contribution is 2.39. The average Bonchev–Trinajstić information content (AvgIpc) is 3.07. The molecule has 1 aliphatic rings. The number of hydrogen-bond acceptors (Lipinski definition) is 3. The summed E-state index contributed by atoms with van der Waals surface area (Å²) in [7, 11) is 1.82. The van der Waals surface area contributed by atoms with Crippen molar-refractivity contribution < 1.29 is 18.0 Å². The van der Waals surface area contributed by atoms with Gasteiger partial charge in [0.15, 0.2) is 5.17 Å². The number of rotatable bonds is 2. The maximum atomic E-state index is 13.1. The number of halogens is 4. The lowest BCUT2D eigenvalue weighted by atomic mass is 10.2. The largest absolute Gasteiger partial charge is 0.418 e. The van der Waals surface area contributed by atoms with Crippen molar-refractivity contribution >= 4 is 46.2 Å². The minimum atomic E-state index is -4.60. The number of thioether (sulfide) groups is 1. The van der Waals surface area contributed by atoms with Gasteiger partial charge in [0.25, 0.3) is 5.91 Å². The summed E-state index contributed by atoms with van der Waals surface area (Å²) in [4.78, 5) is 16.3. The summed E-state index contributed by atoms with van der Waals surface area (Å²) in [6.07, 6.45) is -1.13. The van der Waals surface area contributed by atoms with Crippen LogP contribution in [-0.2, 0) is 18.0 Å².